The number of hydrogen-bond donors (Lipinski definition) is 0. The van der Waals surface area contributed by atoms with Gasteiger partial charge in [-0.15, -0.1) is 12.4 Å². The van der Waals surface area contributed by atoms with Crippen LogP contribution in [0.3, 0.4) is 0 Å². The lowest BCUT2D eigenvalue weighted by Crippen LogP contribution is -1.99. The Bertz CT molecular complexity index is 54.3. The van der Waals surface area contributed by atoms with E-state index in [-0.39, 0.29) is 12.4 Å². The lowest BCUT2D eigenvalue weighted by Gasteiger charge is -2.04. The maximum absolute atomic E-state index is 2.40. The molecule has 0 bridgehead atoms. The van der Waals surface area contributed by atoms with Gasteiger partial charge < -0.3 is 0 Å². The van der Waals surface area contributed by atoms with E-state index in [0.29, 0.717) is 0 Å². The molecule has 10 heavy (non-hydrogen) atoms. The van der Waals surface area contributed by atoms with Crippen molar-refractivity contribution in [2.75, 3.05) is 0 Å². The van der Waals surface area contributed by atoms with Gasteiger partial charge in [-0.2, -0.15) is 0 Å². The molecule has 0 unspecified atom stereocenters. The molecule has 0 N–H and O–H groups in total. The minimum Gasteiger partial charge on any atom is -0.147 e. The predicted molar refractivity (Wildman–Crippen MR) is 52.3 cm³/mol. The van der Waals surface area contributed by atoms with Crippen LogP contribution in [0.4, 0.5) is 0 Å². The molecule has 61 valence electrons. The molecule has 0 aromatic rings. The zero-order chi connectivity index (χ0) is 7.28. The average Bonchev–Trinajstić information content (AvgIpc) is 1.63. The molecule has 0 fully saturated rings. The van der Waals surface area contributed by atoms with Crippen LogP contribution in [0, 0.1) is 11.8 Å². The van der Waals surface area contributed by atoms with Gasteiger partial charge in [0, 0.05) is 0 Å². The summed E-state index contributed by atoms with van der Waals surface area (Å²) >= 11 is 0. The highest BCUT2D eigenvalue weighted by atomic mass is 35.5. The van der Waals surface area contributed by atoms with E-state index in [9.17, 15) is 0 Å². The molecule has 0 saturated carbocycles. The highest BCUT2D eigenvalue weighted by Crippen LogP contribution is 2.05. The summed E-state index contributed by atoms with van der Waals surface area (Å²) in [6.45, 7) is 9.04. The summed E-state index contributed by atoms with van der Waals surface area (Å²) in [6.07, 6.45) is 2.55. The molecule has 0 aromatic heterocycles. The van der Waals surface area contributed by atoms with Crippen LogP contribution in [0.2, 0.25) is 12.6 Å². The molecular formula is C8H19BCl. The molecule has 2 heteroatoms. The molecule has 0 aromatic carbocycles. The van der Waals surface area contributed by atoms with Gasteiger partial charge in [-0.1, -0.05) is 52.2 Å². The number of halogens is 1. The van der Waals surface area contributed by atoms with E-state index in [1.807, 2.05) is 0 Å². The Labute approximate surface area is 72.4 Å². The molecule has 0 nitrogen and oxygen atoms in total. The Morgan fingerprint density at radius 2 is 1.20 bits per heavy atom. The lowest BCUT2D eigenvalue weighted by molar-refractivity contribution is 0.700. The van der Waals surface area contributed by atoms with Crippen molar-refractivity contribution in [1.82, 2.24) is 0 Å². The maximum atomic E-state index is 2.40. The zero-order valence-electron chi connectivity index (χ0n) is 7.55. The molecule has 0 spiro atoms. The van der Waals surface area contributed by atoms with Crippen molar-refractivity contribution in [3.8, 4) is 0 Å². The average molecular weight is 162 g/mol. The van der Waals surface area contributed by atoms with Crippen molar-refractivity contribution in [3.05, 3.63) is 0 Å². The van der Waals surface area contributed by atoms with Crippen LogP contribution >= 0.6 is 12.4 Å². The van der Waals surface area contributed by atoms with Gasteiger partial charge in [-0.05, 0) is 0 Å². The lowest BCUT2D eigenvalue weighted by atomic mass is 9.64. The molecule has 1 radical (unpaired) electrons. The van der Waals surface area contributed by atoms with E-state index in [1.165, 1.54) is 12.6 Å². The normalized spacial score (nSPS) is 9.80. The molecule has 0 aliphatic carbocycles. The summed E-state index contributed by atoms with van der Waals surface area (Å²) in [5, 5.41) is 0. The van der Waals surface area contributed by atoms with Gasteiger partial charge in [0.1, 0.15) is 7.28 Å². The third kappa shape index (κ3) is 11.2. The van der Waals surface area contributed by atoms with Crippen molar-refractivity contribution in [2.45, 2.75) is 40.3 Å². The second-order valence-corrected chi connectivity index (χ2v) is 3.55. The summed E-state index contributed by atoms with van der Waals surface area (Å²) in [4.78, 5) is 0. The first-order chi connectivity index (χ1) is 4.13. The van der Waals surface area contributed by atoms with Gasteiger partial charge in [-0.25, -0.2) is 0 Å². The first-order valence-electron chi connectivity index (χ1n) is 3.94. The van der Waals surface area contributed by atoms with E-state index in [0.717, 1.165) is 11.8 Å². The first-order valence-corrected chi connectivity index (χ1v) is 3.94. The summed E-state index contributed by atoms with van der Waals surface area (Å²) in [7, 11) is 2.40. The summed E-state index contributed by atoms with van der Waals surface area (Å²) < 4.78 is 0. The fraction of sp³-hybridized carbons (Fsp3) is 1.00. The standard InChI is InChI=1S/C8H18B.ClH/c1-7(2)5-9-6-8(3)4;/h7-8H,5-6H2,1-4H3;1H. The van der Waals surface area contributed by atoms with Crippen LogP contribution in [0.25, 0.3) is 0 Å². The Morgan fingerprint density at radius 3 is 1.40 bits per heavy atom. The van der Waals surface area contributed by atoms with Crippen LogP contribution in [-0.4, -0.2) is 7.28 Å². The Kier molecular flexibility index (Phi) is 9.69. The number of hydrogen-bond acceptors (Lipinski definition) is 0. The molecule has 0 aliphatic heterocycles. The third-order valence-corrected chi connectivity index (χ3v) is 1.28. The van der Waals surface area contributed by atoms with Crippen molar-refractivity contribution in [3.63, 3.8) is 0 Å². The van der Waals surface area contributed by atoms with E-state index < -0.39 is 0 Å². The van der Waals surface area contributed by atoms with Gasteiger partial charge in [0.2, 0.25) is 0 Å². The van der Waals surface area contributed by atoms with Gasteiger partial charge in [-0.3, -0.25) is 0 Å². The predicted octanol–water partition coefficient (Wildman–Crippen LogP) is 3.26. The minimum atomic E-state index is 0. The van der Waals surface area contributed by atoms with Crippen molar-refractivity contribution in [1.29, 1.82) is 0 Å². The van der Waals surface area contributed by atoms with Crippen molar-refractivity contribution >= 4 is 19.7 Å². The molecule has 0 aliphatic rings. The third-order valence-electron chi connectivity index (χ3n) is 1.28. The Hall–Kier alpha value is 0.355. The Balaban J connectivity index is 0. The highest BCUT2D eigenvalue weighted by molar-refractivity contribution is 6.35. The van der Waals surface area contributed by atoms with E-state index in [4.69, 9.17) is 0 Å². The maximum Gasteiger partial charge on any atom is 0.110 e. The quantitative estimate of drug-likeness (QED) is 0.555. The van der Waals surface area contributed by atoms with Crippen LogP contribution in [-0.2, 0) is 0 Å². The molecule has 0 heterocycles. The van der Waals surface area contributed by atoms with Gasteiger partial charge in [0.25, 0.3) is 0 Å². The fourth-order valence-electron chi connectivity index (χ4n) is 0.763. The molecule has 0 rings (SSSR count). The van der Waals surface area contributed by atoms with Crippen LogP contribution in [0.1, 0.15) is 27.7 Å². The molecular weight excluding hydrogens is 142 g/mol. The van der Waals surface area contributed by atoms with Gasteiger partial charge in [0.15, 0.2) is 0 Å². The van der Waals surface area contributed by atoms with E-state index >= 15 is 0 Å². The van der Waals surface area contributed by atoms with Crippen molar-refractivity contribution in [2.24, 2.45) is 11.8 Å². The summed E-state index contributed by atoms with van der Waals surface area (Å²) in [6, 6.07) is 0. The second-order valence-electron chi connectivity index (χ2n) is 3.55. The highest BCUT2D eigenvalue weighted by Gasteiger charge is 1.97. The molecule has 0 atom stereocenters. The van der Waals surface area contributed by atoms with E-state index in [2.05, 4.69) is 35.0 Å². The smallest absolute Gasteiger partial charge is 0.110 e. The van der Waals surface area contributed by atoms with Gasteiger partial charge >= 0.3 is 0 Å². The minimum absolute atomic E-state index is 0. The summed E-state index contributed by atoms with van der Waals surface area (Å²) in [5.74, 6) is 1.67. The summed E-state index contributed by atoms with van der Waals surface area (Å²) in [5.41, 5.74) is 0. The topological polar surface area (TPSA) is 0 Å². The van der Waals surface area contributed by atoms with Crippen LogP contribution in [0.15, 0.2) is 0 Å². The largest absolute Gasteiger partial charge is 0.147 e. The number of rotatable bonds is 4. The Morgan fingerprint density at radius 1 is 0.900 bits per heavy atom. The SMILES string of the molecule is CC(C)C[B]CC(C)C.Cl. The van der Waals surface area contributed by atoms with Crippen LogP contribution < -0.4 is 0 Å². The van der Waals surface area contributed by atoms with Gasteiger partial charge in [0.05, 0.1) is 0 Å². The molecule has 0 amide bonds. The van der Waals surface area contributed by atoms with Crippen molar-refractivity contribution < 1.29 is 0 Å². The zero-order valence-corrected chi connectivity index (χ0v) is 8.37. The van der Waals surface area contributed by atoms with E-state index in [1.54, 1.807) is 0 Å². The fourth-order valence-corrected chi connectivity index (χ4v) is 0.763. The molecule has 0 saturated heterocycles. The second kappa shape index (κ2) is 7.46. The monoisotopic (exact) mass is 161 g/mol. The van der Waals surface area contributed by atoms with Crippen LogP contribution in [0.5, 0.6) is 0 Å². The first kappa shape index (κ1) is 13.0.